The second-order valence-corrected chi connectivity index (χ2v) is 4.08. The SMILES string of the molecule is COC(=O)c1c(N)sc(C)c1C(C)=O. The zero-order valence-electron chi connectivity index (χ0n) is 8.21. The number of ether oxygens (including phenoxy) is 1. The Morgan fingerprint density at radius 3 is 2.36 bits per heavy atom. The van der Waals surface area contributed by atoms with Crippen molar-refractivity contribution < 1.29 is 14.3 Å². The van der Waals surface area contributed by atoms with Gasteiger partial charge in [0.05, 0.1) is 7.11 Å². The number of carbonyl (C=O) groups is 2. The molecule has 0 amide bonds. The molecule has 14 heavy (non-hydrogen) atoms. The second-order valence-electron chi connectivity index (χ2n) is 2.82. The van der Waals surface area contributed by atoms with Gasteiger partial charge in [-0.05, 0) is 13.8 Å². The Kier molecular flexibility index (Phi) is 2.90. The molecule has 76 valence electrons. The molecular weight excluding hydrogens is 202 g/mol. The Labute approximate surface area is 85.7 Å². The van der Waals surface area contributed by atoms with Gasteiger partial charge in [-0.25, -0.2) is 4.79 Å². The molecular formula is C9H11NO3S. The molecule has 1 aromatic heterocycles. The lowest BCUT2D eigenvalue weighted by Crippen LogP contribution is -2.08. The summed E-state index contributed by atoms with van der Waals surface area (Å²) in [5.74, 6) is -0.729. The van der Waals surface area contributed by atoms with E-state index in [0.29, 0.717) is 10.6 Å². The number of rotatable bonds is 2. The fourth-order valence-electron chi connectivity index (χ4n) is 1.29. The monoisotopic (exact) mass is 213 g/mol. The van der Waals surface area contributed by atoms with Crippen LogP contribution in [0.4, 0.5) is 5.00 Å². The highest BCUT2D eigenvalue weighted by Crippen LogP contribution is 2.31. The van der Waals surface area contributed by atoms with E-state index in [0.717, 1.165) is 4.88 Å². The van der Waals surface area contributed by atoms with Crippen LogP contribution in [0, 0.1) is 6.92 Å². The van der Waals surface area contributed by atoms with Crippen molar-refractivity contribution >= 4 is 28.1 Å². The first-order valence-corrected chi connectivity index (χ1v) is 4.78. The summed E-state index contributed by atoms with van der Waals surface area (Å²) in [5, 5.41) is 0.333. The topological polar surface area (TPSA) is 69.4 Å². The van der Waals surface area contributed by atoms with Gasteiger partial charge in [-0.1, -0.05) is 0 Å². The maximum atomic E-state index is 11.3. The zero-order valence-corrected chi connectivity index (χ0v) is 9.03. The number of Topliss-reactive ketones (excluding diaryl/α,β-unsaturated/α-hetero) is 1. The molecule has 1 aromatic rings. The quantitative estimate of drug-likeness (QED) is 0.598. The van der Waals surface area contributed by atoms with E-state index in [1.165, 1.54) is 25.4 Å². The number of methoxy groups -OCH3 is 1. The number of hydrogen-bond donors (Lipinski definition) is 1. The molecule has 0 bridgehead atoms. The average molecular weight is 213 g/mol. The summed E-state index contributed by atoms with van der Waals surface area (Å²) in [4.78, 5) is 23.3. The Hall–Kier alpha value is -1.36. The molecule has 0 radical (unpaired) electrons. The van der Waals surface area contributed by atoms with E-state index in [2.05, 4.69) is 4.74 Å². The maximum absolute atomic E-state index is 11.3. The summed E-state index contributed by atoms with van der Waals surface area (Å²) in [6, 6.07) is 0. The largest absolute Gasteiger partial charge is 0.465 e. The first-order valence-electron chi connectivity index (χ1n) is 3.97. The summed E-state index contributed by atoms with van der Waals surface area (Å²) < 4.78 is 4.56. The average Bonchev–Trinajstić information content (AvgIpc) is 2.39. The lowest BCUT2D eigenvalue weighted by molar-refractivity contribution is 0.0599. The normalized spacial score (nSPS) is 9.93. The summed E-state index contributed by atoms with van der Waals surface area (Å²) in [7, 11) is 1.26. The minimum atomic E-state index is -0.558. The Morgan fingerprint density at radius 2 is 1.93 bits per heavy atom. The van der Waals surface area contributed by atoms with Crippen LogP contribution in [0.3, 0.4) is 0 Å². The van der Waals surface area contributed by atoms with Gasteiger partial charge in [-0.15, -0.1) is 11.3 Å². The summed E-state index contributed by atoms with van der Waals surface area (Å²) in [5.41, 5.74) is 6.19. The molecule has 0 saturated carbocycles. The fourth-order valence-corrected chi connectivity index (χ4v) is 2.26. The van der Waals surface area contributed by atoms with Crippen LogP contribution in [0.15, 0.2) is 0 Å². The van der Waals surface area contributed by atoms with Crippen molar-refractivity contribution in [3.05, 3.63) is 16.0 Å². The minimum absolute atomic E-state index is 0.171. The molecule has 1 heterocycles. The molecule has 0 unspecified atom stereocenters. The molecule has 0 aliphatic heterocycles. The smallest absolute Gasteiger partial charge is 0.341 e. The number of nitrogens with two attached hydrogens (primary N) is 1. The van der Waals surface area contributed by atoms with E-state index in [1.807, 2.05) is 0 Å². The molecule has 4 nitrogen and oxygen atoms in total. The highest BCUT2D eigenvalue weighted by Gasteiger charge is 2.23. The van der Waals surface area contributed by atoms with Gasteiger partial charge in [0.15, 0.2) is 5.78 Å². The van der Waals surface area contributed by atoms with Crippen molar-refractivity contribution in [2.75, 3.05) is 12.8 Å². The van der Waals surface area contributed by atoms with Gasteiger partial charge in [0.2, 0.25) is 0 Å². The van der Waals surface area contributed by atoms with E-state index in [4.69, 9.17) is 5.73 Å². The molecule has 5 heteroatoms. The van der Waals surface area contributed by atoms with Crippen LogP contribution in [0.5, 0.6) is 0 Å². The van der Waals surface area contributed by atoms with Crippen molar-refractivity contribution in [3.63, 3.8) is 0 Å². The number of anilines is 1. The van der Waals surface area contributed by atoms with Gasteiger partial charge in [0.25, 0.3) is 0 Å². The fraction of sp³-hybridized carbons (Fsp3) is 0.333. The first kappa shape index (κ1) is 10.7. The van der Waals surface area contributed by atoms with Crippen LogP contribution >= 0.6 is 11.3 Å². The van der Waals surface area contributed by atoms with E-state index in [9.17, 15) is 9.59 Å². The predicted molar refractivity (Wildman–Crippen MR) is 54.8 cm³/mol. The number of hydrogen-bond acceptors (Lipinski definition) is 5. The molecule has 0 atom stereocenters. The van der Waals surface area contributed by atoms with E-state index >= 15 is 0 Å². The number of aryl methyl sites for hydroxylation is 1. The van der Waals surface area contributed by atoms with Crippen LogP contribution < -0.4 is 5.73 Å². The van der Waals surface area contributed by atoms with Crippen molar-refractivity contribution in [2.45, 2.75) is 13.8 Å². The Balaban J connectivity index is 3.39. The van der Waals surface area contributed by atoms with E-state index < -0.39 is 5.97 Å². The second kappa shape index (κ2) is 3.79. The number of carbonyl (C=O) groups excluding carboxylic acids is 2. The Bertz CT molecular complexity index is 395. The molecule has 0 aliphatic rings. The van der Waals surface area contributed by atoms with Crippen molar-refractivity contribution in [1.29, 1.82) is 0 Å². The third kappa shape index (κ3) is 1.63. The standard InChI is InChI=1S/C9H11NO3S/c1-4(11)6-5(2)14-8(10)7(6)9(12)13-3/h10H2,1-3H3. The van der Waals surface area contributed by atoms with Gasteiger partial charge in [0, 0.05) is 10.4 Å². The molecule has 2 N–H and O–H groups in total. The molecule has 0 aliphatic carbocycles. The highest BCUT2D eigenvalue weighted by atomic mass is 32.1. The van der Waals surface area contributed by atoms with Gasteiger partial charge in [0.1, 0.15) is 10.6 Å². The van der Waals surface area contributed by atoms with Crippen molar-refractivity contribution in [2.24, 2.45) is 0 Å². The molecule has 0 fully saturated rings. The van der Waals surface area contributed by atoms with Crippen LogP contribution in [-0.4, -0.2) is 18.9 Å². The van der Waals surface area contributed by atoms with Gasteiger partial charge >= 0.3 is 5.97 Å². The summed E-state index contributed by atoms with van der Waals surface area (Å²) >= 11 is 1.22. The summed E-state index contributed by atoms with van der Waals surface area (Å²) in [6.07, 6.45) is 0. The highest BCUT2D eigenvalue weighted by molar-refractivity contribution is 7.16. The first-order chi connectivity index (χ1) is 6.49. The number of esters is 1. The molecule has 0 saturated heterocycles. The van der Waals surface area contributed by atoms with Crippen LogP contribution in [0.1, 0.15) is 32.5 Å². The third-order valence-electron chi connectivity index (χ3n) is 1.85. The van der Waals surface area contributed by atoms with Crippen LogP contribution in [0.25, 0.3) is 0 Å². The zero-order chi connectivity index (χ0) is 10.9. The van der Waals surface area contributed by atoms with Crippen LogP contribution in [-0.2, 0) is 4.74 Å². The lowest BCUT2D eigenvalue weighted by atomic mass is 10.1. The van der Waals surface area contributed by atoms with Crippen LogP contribution in [0.2, 0.25) is 0 Å². The third-order valence-corrected chi connectivity index (χ3v) is 2.79. The van der Waals surface area contributed by atoms with Gasteiger partial charge in [-0.2, -0.15) is 0 Å². The molecule has 0 spiro atoms. The lowest BCUT2D eigenvalue weighted by Gasteiger charge is -2.00. The maximum Gasteiger partial charge on any atom is 0.341 e. The van der Waals surface area contributed by atoms with Gasteiger partial charge < -0.3 is 10.5 Å². The van der Waals surface area contributed by atoms with Gasteiger partial charge in [-0.3, -0.25) is 4.79 Å². The van der Waals surface area contributed by atoms with Crippen molar-refractivity contribution in [3.8, 4) is 0 Å². The van der Waals surface area contributed by atoms with E-state index in [1.54, 1.807) is 6.92 Å². The molecule has 0 aromatic carbocycles. The number of nitrogen functional groups attached to an aromatic ring is 1. The molecule has 1 rings (SSSR count). The predicted octanol–water partition coefficient (Wildman–Crippen LogP) is 1.63. The number of ketones is 1. The minimum Gasteiger partial charge on any atom is -0.465 e. The number of thiophene rings is 1. The summed E-state index contributed by atoms with van der Waals surface area (Å²) in [6.45, 7) is 3.16. The van der Waals surface area contributed by atoms with E-state index in [-0.39, 0.29) is 11.3 Å². The Morgan fingerprint density at radius 1 is 1.36 bits per heavy atom. The van der Waals surface area contributed by atoms with Crippen molar-refractivity contribution in [1.82, 2.24) is 0 Å².